The standard InChI is InChI=1S/C14H17N3O2/c1-4-5-10-6-8-11(9-7-10)12-15-13(19-16-12)14(18)17(2)3/h6-9H,4-5H2,1-3H3. The van der Waals surface area contributed by atoms with Crippen LogP contribution >= 0.6 is 0 Å². The number of aryl methyl sites for hydroxylation is 1. The molecule has 0 saturated heterocycles. The molecule has 19 heavy (non-hydrogen) atoms. The molecule has 5 nitrogen and oxygen atoms in total. The number of hydrogen-bond acceptors (Lipinski definition) is 4. The van der Waals surface area contributed by atoms with E-state index in [9.17, 15) is 4.79 Å². The van der Waals surface area contributed by atoms with E-state index in [2.05, 4.69) is 17.1 Å². The van der Waals surface area contributed by atoms with Gasteiger partial charge in [0.15, 0.2) is 0 Å². The maximum Gasteiger partial charge on any atom is 0.316 e. The number of nitrogens with zero attached hydrogens (tertiary/aromatic N) is 3. The van der Waals surface area contributed by atoms with E-state index in [1.54, 1.807) is 14.1 Å². The minimum Gasteiger partial charge on any atom is -0.341 e. The van der Waals surface area contributed by atoms with Crippen molar-refractivity contribution in [3.63, 3.8) is 0 Å². The average Bonchev–Trinajstić information content (AvgIpc) is 2.88. The molecule has 1 amide bonds. The Labute approximate surface area is 112 Å². The number of aromatic nitrogens is 2. The van der Waals surface area contributed by atoms with E-state index in [0.717, 1.165) is 18.4 Å². The Morgan fingerprint density at radius 2 is 1.95 bits per heavy atom. The van der Waals surface area contributed by atoms with Gasteiger partial charge in [0.05, 0.1) is 0 Å². The van der Waals surface area contributed by atoms with Gasteiger partial charge in [-0.1, -0.05) is 42.8 Å². The number of amides is 1. The summed E-state index contributed by atoms with van der Waals surface area (Å²) in [6.07, 6.45) is 2.17. The Morgan fingerprint density at radius 3 is 2.53 bits per heavy atom. The number of carbonyl (C=O) groups excluding carboxylic acids is 1. The van der Waals surface area contributed by atoms with Gasteiger partial charge in [0.2, 0.25) is 5.82 Å². The topological polar surface area (TPSA) is 59.2 Å². The first-order valence-corrected chi connectivity index (χ1v) is 6.26. The van der Waals surface area contributed by atoms with Crippen molar-refractivity contribution in [1.29, 1.82) is 0 Å². The molecule has 5 heteroatoms. The molecule has 0 aliphatic heterocycles. The third-order valence-electron chi connectivity index (χ3n) is 2.77. The van der Waals surface area contributed by atoms with Crippen molar-refractivity contribution in [3.05, 3.63) is 35.7 Å². The Hall–Kier alpha value is -2.17. The average molecular weight is 259 g/mol. The zero-order chi connectivity index (χ0) is 13.8. The molecular weight excluding hydrogens is 242 g/mol. The van der Waals surface area contributed by atoms with Gasteiger partial charge in [-0.15, -0.1) is 0 Å². The van der Waals surface area contributed by atoms with Crippen molar-refractivity contribution < 1.29 is 9.32 Å². The zero-order valence-electron chi connectivity index (χ0n) is 11.4. The summed E-state index contributed by atoms with van der Waals surface area (Å²) in [5.74, 6) is 0.159. The highest BCUT2D eigenvalue weighted by atomic mass is 16.5. The van der Waals surface area contributed by atoms with Crippen molar-refractivity contribution in [3.8, 4) is 11.4 Å². The van der Waals surface area contributed by atoms with Crippen LogP contribution in [0.25, 0.3) is 11.4 Å². The summed E-state index contributed by atoms with van der Waals surface area (Å²) in [7, 11) is 3.29. The first-order chi connectivity index (χ1) is 9.11. The highest BCUT2D eigenvalue weighted by Crippen LogP contribution is 2.17. The fraction of sp³-hybridized carbons (Fsp3) is 0.357. The second-order valence-electron chi connectivity index (χ2n) is 4.57. The minimum absolute atomic E-state index is 0.0117. The first-order valence-electron chi connectivity index (χ1n) is 6.26. The summed E-state index contributed by atoms with van der Waals surface area (Å²) in [4.78, 5) is 17.2. The fourth-order valence-electron chi connectivity index (χ4n) is 1.73. The van der Waals surface area contributed by atoms with Crippen LogP contribution in [0.3, 0.4) is 0 Å². The molecule has 100 valence electrons. The van der Waals surface area contributed by atoms with E-state index in [4.69, 9.17) is 4.52 Å². The second kappa shape index (κ2) is 5.65. The van der Waals surface area contributed by atoms with Crippen LogP contribution in [0, 0.1) is 0 Å². The van der Waals surface area contributed by atoms with Crippen LogP contribution in [0.5, 0.6) is 0 Å². The summed E-state index contributed by atoms with van der Waals surface area (Å²) < 4.78 is 4.97. The monoisotopic (exact) mass is 259 g/mol. The largest absolute Gasteiger partial charge is 0.341 e. The van der Waals surface area contributed by atoms with E-state index in [0.29, 0.717) is 5.82 Å². The van der Waals surface area contributed by atoms with E-state index >= 15 is 0 Å². The van der Waals surface area contributed by atoms with Gasteiger partial charge in [0.1, 0.15) is 0 Å². The number of benzene rings is 1. The molecule has 0 bridgehead atoms. The molecule has 0 fully saturated rings. The van der Waals surface area contributed by atoms with Crippen molar-refractivity contribution in [2.24, 2.45) is 0 Å². The highest BCUT2D eigenvalue weighted by molar-refractivity contribution is 5.89. The molecule has 0 saturated carbocycles. The van der Waals surface area contributed by atoms with Crippen LogP contribution < -0.4 is 0 Å². The molecule has 1 aromatic carbocycles. The van der Waals surface area contributed by atoms with E-state index < -0.39 is 0 Å². The van der Waals surface area contributed by atoms with Crippen LogP contribution in [-0.4, -0.2) is 35.0 Å². The maximum absolute atomic E-state index is 11.7. The van der Waals surface area contributed by atoms with Crippen LogP contribution in [0.4, 0.5) is 0 Å². The summed E-state index contributed by atoms with van der Waals surface area (Å²) in [6.45, 7) is 2.15. The summed E-state index contributed by atoms with van der Waals surface area (Å²) in [5.41, 5.74) is 2.13. The molecular formula is C14H17N3O2. The van der Waals surface area contributed by atoms with Gasteiger partial charge >= 0.3 is 11.8 Å². The molecule has 2 rings (SSSR count). The maximum atomic E-state index is 11.7. The molecule has 0 aliphatic rings. The molecule has 0 N–H and O–H groups in total. The SMILES string of the molecule is CCCc1ccc(-c2noc(C(=O)N(C)C)n2)cc1. The predicted molar refractivity (Wildman–Crippen MR) is 71.7 cm³/mol. The third-order valence-corrected chi connectivity index (χ3v) is 2.77. The lowest BCUT2D eigenvalue weighted by atomic mass is 10.1. The lowest BCUT2D eigenvalue weighted by molar-refractivity contribution is 0.0779. The molecule has 0 radical (unpaired) electrons. The van der Waals surface area contributed by atoms with Crippen LogP contribution in [-0.2, 0) is 6.42 Å². The number of carbonyl (C=O) groups is 1. The molecule has 1 heterocycles. The van der Waals surface area contributed by atoms with Gasteiger partial charge in [0, 0.05) is 19.7 Å². The van der Waals surface area contributed by atoms with Gasteiger partial charge in [-0.25, -0.2) is 0 Å². The van der Waals surface area contributed by atoms with Gasteiger partial charge in [-0.3, -0.25) is 4.79 Å². The molecule has 0 aliphatic carbocycles. The van der Waals surface area contributed by atoms with Gasteiger partial charge in [-0.2, -0.15) is 4.98 Å². The van der Waals surface area contributed by atoms with E-state index in [-0.39, 0.29) is 11.8 Å². The van der Waals surface area contributed by atoms with E-state index in [1.165, 1.54) is 10.5 Å². The van der Waals surface area contributed by atoms with Crippen molar-refractivity contribution in [2.45, 2.75) is 19.8 Å². The van der Waals surface area contributed by atoms with Crippen molar-refractivity contribution in [2.75, 3.05) is 14.1 Å². The Kier molecular flexibility index (Phi) is 3.94. The first kappa shape index (κ1) is 13.3. The Morgan fingerprint density at radius 1 is 1.26 bits per heavy atom. The summed E-state index contributed by atoms with van der Waals surface area (Å²) in [5, 5.41) is 3.83. The summed E-state index contributed by atoms with van der Waals surface area (Å²) in [6, 6.07) is 7.98. The number of hydrogen-bond donors (Lipinski definition) is 0. The van der Waals surface area contributed by atoms with Gasteiger partial charge in [-0.05, 0) is 12.0 Å². The lowest BCUT2D eigenvalue weighted by Crippen LogP contribution is -2.21. The number of rotatable bonds is 4. The minimum atomic E-state index is -0.290. The molecule has 2 aromatic rings. The highest BCUT2D eigenvalue weighted by Gasteiger charge is 2.17. The molecule has 1 aromatic heterocycles. The fourth-order valence-corrected chi connectivity index (χ4v) is 1.73. The van der Waals surface area contributed by atoms with Crippen molar-refractivity contribution in [1.82, 2.24) is 15.0 Å². The van der Waals surface area contributed by atoms with Gasteiger partial charge < -0.3 is 9.42 Å². The summed E-state index contributed by atoms with van der Waals surface area (Å²) >= 11 is 0. The smallest absolute Gasteiger partial charge is 0.316 e. The lowest BCUT2D eigenvalue weighted by Gasteiger charge is -2.04. The quantitative estimate of drug-likeness (QED) is 0.846. The van der Waals surface area contributed by atoms with E-state index in [1.807, 2.05) is 24.3 Å². The molecule has 0 spiro atoms. The van der Waals surface area contributed by atoms with Crippen LogP contribution in [0.2, 0.25) is 0 Å². The van der Waals surface area contributed by atoms with Gasteiger partial charge in [0.25, 0.3) is 0 Å². The zero-order valence-corrected chi connectivity index (χ0v) is 11.4. The third kappa shape index (κ3) is 2.99. The van der Waals surface area contributed by atoms with Crippen LogP contribution in [0.15, 0.2) is 28.8 Å². The van der Waals surface area contributed by atoms with Crippen LogP contribution in [0.1, 0.15) is 29.6 Å². The molecule has 0 unspecified atom stereocenters. The van der Waals surface area contributed by atoms with Crippen molar-refractivity contribution >= 4 is 5.91 Å². The Bertz CT molecular complexity index is 558. The molecule has 0 atom stereocenters. The Balaban J connectivity index is 2.20. The predicted octanol–water partition coefficient (Wildman–Crippen LogP) is 2.39. The second-order valence-corrected chi connectivity index (χ2v) is 4.57. The normalized spacial score (nSPS) is 10.5.